The fourth-order valence-corrected chi connectivity index (χ4v) is 2.23. The summed E-state index contributed by atoms with van der Waals surface area (Å²) in [6, 6.07) is 9.32. The van der Waals surface area contributed by atoms with Crippen molar-refractivity contribution < 1.29 is 9.31 Å². The van der Waals surface area contributed by atoms with E-state index >= 15 is 0 Å². The average molecular weight is 360 g/mol. The first-order chi connectivity index (χ1) is 9.49. The molecule has 0 saturated heterocycles. The van der Waals surface area contributed by atoms with Crippen molar-refractivity contribution in [2.75, 3.05) is 5.32 Å². The number of nitrogens with zero attached hydrogens (tertiary/aromatic N) is 1. The first kappa shape index (κ1) is 14.7. The van der Waals surface area contributed by atoms with Crippen molar-refractivity contribution in [3.05, 3.63) is 67.4 Å². The molecule has 1 N–H and O–H groups in total. The predicted octanol–water partition coefficient (Wildman–Crippen LogP) is 4.76. The lowest BCUT2D eigenvalue weighted by Gasteiger charge is -2.08. The third kappa shape index (κ3) is 3.26. The summed E-state index contributed by atoms with van der Waals surface area (Å²) in [6.45, 7) is 0.186. The number of nitro benzene ring substituents is 1. The Balaban J connectivity index is 2.17. The Morgan fingerprint density at radius 3 is 2.80 bits per heavy atom. The lowest BCUT2D eigenvalue weighted by molar-refractivity contribution is -0.385. The summed E-state index contributed by atoms with van der Waals surface area (Å²) in [5.74, 6) is -0.492. The molecule has 0 aromatic heterocycles. The number of nitro groups is 1. The van der Waals surface area contributed by atoms with Crippen molar-refractivity contribution in [2.45, 2.75) is 6.54 Å². The summed E-state index contributed by atoms with van der Waals surface area (Å²) in [4.78, 5) is 10.3. The number of halogens is 3. The van der Waals surface area contributed by atoms with Crippen LogP contribution < -0.4 is 5.32 Å². The van der Waals surface area contributed by atoms with Crippen molar-refractivity contribution in [1.82, 2.24) is 0 Å². The van der Waals surface area contributed by atoms with Crippen LogP contribution in [0.3, 0.4) is 0 Å². The van der Waals surface area contributed by atoms with Gasteiger partial charge in [-0.25, -0.2) is 4.39 Å². The smallest absolute Gasteiger partial charge is 0.285 e. The zero-order valence-corrected chi connectivity index (χ0v) is 12.4. The maximum Gasteiger partial charge on any atom is 0.285 e. The Bertz CT molecular complexity index is 667. The van der Waals surface area contributed by atoms with Gasteiger partial charge in [-0.15, -0.1) is 0 Å². The highest BCUT2D eigenvalue weighted by Crippen LogP contribution is 2.28. The minimum Gasteiger partial charge on any atom is -0.381 e. The van der Waals surface area contributed by atoms with Gasteiger partial charge < -0.3 is 5.32 Å². The van der Waals surface area contributed by atoms with Crippen LogP contribution in [0.25, 0.3) is 0 Å². The van der Waals surface area contributed by atoms with Crippen molar-refractivity contribution >= 4 is 38.9 Å². The maximum atomic E-state index is 13.7. The predicted molar refractivity (Wildman–Crippen MR) is 79.5 cm³/mol. The molecule has 20 heavy (non-hydrogen) atoms. The quantitative estimate of drug-likeness (QED) is 0.632. The van der Waals surface area contributed by atoms with Crippen LogP contribution in [-0.4, -0.2) is 4.92 Å². The van der Waals surface area contributed by atoms with Crippen LogP contribution in [0.4, 0.5) is 15.8 Å². The molecule has 0 aliphatic carbocycles. The highest BCUT2D eigenvalue weighted by Gasteiger charge is 2.12. The molecule has 0 amide bonds. The highest BCUT2D eigenvalue weighted by atomic mass is 79.9. The molecular weight excluding hydrogens is 351 g/mol. The van der Waals surface area contributed by atoms with E-state index in [0.717, 1.165) is 0 Å². The number of rotatable bonds is 4. The third-order valence-electron chi connectivity index (χ3n) is 2.66. The minimum absolute atomic E-state index is 0.0473. The molecule has 4 nitrogen and oxygen atoms in total. The van der Waals surface area contributed by atoms with Crippen LogP contribution >= 0.6 is 27.5 Å². The van der Waals surface area contributed by atoms with Crippen molar-refractivity contribution in [3.8, 4) is 0 Å². The number of benzene rings is 2. The Kier molecular flexibility index (Phi) is 4.57. The molecule has 0 bridgehead atoms. The molecule has 7 heteroatoms. The number of hydrogen-bond donors (Lipinski definition) is 1. The summed E-state index contributed by atoms with van der Waals surface area (Å²) < 4.78 is 14.1. The number of hydrogen-bond acceptors (Lipinski definition) is 3. The summed E-state index contributed by atoms with van der Waals surface area (Å²) >= 11 is 8.79. The van der Waals surface area contributed by atoms with Crippen molar-refractivity contribution in [1.29, 1.82) is 0 Å². The SMILES string of the molecule is O=[N+]([O-])c1cc(NCc2cccc(Cl)c2F)ccc1Br. The van der Waals surface area contributed by atoms with Crippen LogP contribution in [0.15, 0.2) is 40.9 Å². The molecule has 104 valence electrons. The lowest BCUT2D eigenvalue weighted by atomic mass is 10.2. The molecule has 0 atom stereocenters. The summed E-state index contributed by atoms with van der Waals surface area (Å²) in [7, 11) is 0. The van der Waals surface area contributed by atoms with E-state index in [1.54, 1.807) is 24.3 Å². The van der Waals surface area contributed by atoms with E-state index in [1.165, 1.54) is 12.1 Å². The van der Waals surface area contributed by atoms with Gasteiger partial charge in [0, 0.05) is 23.9 Å². The molecule has 0 heterocycles. The standard InChI is InChI=1S/C13H9BrClFN2O2/c14-10-5-4-9(6-12(10)18(19)20)17-7-8-2-1-3-11(15)13(8)16/h1-6,17H,7H2. The average Bonchev–Trinajstić information content (AvgIpc) is 2.41. The van der Waals surface area contributed by atoms with Gasteiger partial charge in [-0.2, -0.15) is 0 Å². The molecule has 2 rings (SSSR count). The van der Waals surface area contributed by atoms with Gasteiger partial charge >= 0.3 is 0 Å². The lowest BCUT2D eigenvalue weighted by Crippen LogP contribution is -2.02. The van der Waals surface area contributed by atoms with Gasteiger partial charge in [0.05, 0.1) is 14.4 Å². The second kappa shape index (κ2) is 6.19. The van der Waals surface area contributed by atoms with Crippen molar-refractivity contribution in [3.63, 3.8) is 0 Å². The van der Waals surface area contributed by atoms with E-state index in [1.807, 2.05) is 0 Å². The second-order valence-corrected chi connectivity index (χ2v) is 5.25. The van der Waals surface area contributed by atoms with Crippen LogP contribution in [0.2, 0.25) is 5.02 Å². The van der Waals surface area contributed by atoms with E-state index in [9.17, 15) is 14.5 Å². The van der Waals surface area contributed by atoms with Crippen LogP contribution in [-0.2, 0) is 6.54 Å². The Labute approximate surface area is 127 Å². The van der Waals surface area contributed by atoms with E-state index < -0.39 is 10.7 Å². The third-order valence-corrected chi connectivity index (χ3v) is 3.62. The summed E-state index contributed by atoms with van der Waals surface area (Å²) in [5.41, 5.74) is 0.865. The molecule has 0 saturated carbocycles. The van der Waals surface area contributed by atoms with Gasteiger partial charge in [-0.1, -0.05) is 23.7 Å². The summed E-state index contributed by atoms with van der Waals surface area (Å²) in [6.07, 6.45) is 0. The maximum absolute atomic E-state index is 13.7. The fraction of sp³-hybridized carbons (Fsp3) is 0.0769. The highest BCUT2D eigenvalue weighted by molar-refractivity contribution is 9.10. The molecular formula is C13H9BrClFN2O2. The Morgan fingerprint density at radius 2 is 2.10 bits per heavy atom. The van der Waals surface area contributed by atoms with E-state index in [0.29, 0.717) is 15.7 Å². The molecule has 0 aliphatic heterocycles. The Hall–Kier alpha value is -1.66. The monoisotopic (exact) mass is 358 g/mol. The van der Waals surface area contributed by atoms with Crippen LogP contribution in [0.5, 0.6) is 0 Å². The van der Waals surface area contributed by atoms with E-state index in [4.69, 9.17) is 11.6 Å². The van der Waals surface area contributed by atoms with E-state index in [2.05, 4.69) is 21.2 Å². The van der Waals surface area contributed by atoms with E-state index in [-0.39, 0.29) is 17.3 Å². The molecule has 2 aromatic rings. The Morgan fingerprint density at radius 1 is 1.35 bits per heavy atom. The van der Waals surface area contributed by atoms with Gasteiger partial charge in [0.1, 0.15) is 5.82 Å². The molecule has 0 aliphatic rings. The topological polar surface area (TPSA) is 55.2 Å². The van der Waals surface area contributed by atoms with Crippen molar-refractivity contribution in [2.24, 2.45) is 0 Å². The second-order valence-electron chi connectivity index (χ2n) is 3.99. The first-order valence-corrected chi connectivity index (χ1v) is 6.77. The summed E-state index contributed by atoms with van der Waals surface area (Å²) in [5, 5.41) is 13.8. The molecule has 0 radical (unpaired) electrons. The van der Waals surface area contributed by atoms with Gasteiger partial charge in [-0.05, 0) is 34.1 Å². The molecule has 2 aromatic carbocycles. The zero-order valence-electron chi connectivity index (χ0n) is 10.1. The van der Waals surface area contributed by atoms with Gasteiger partial charge in [0.15, 0.2) is 0 Å². The minimum atomic E-state index is -0.492. The fourth-order valence-electron chi connectivity index (χ4n) is 1.64. The molecule has 0 unspecified atom stereocenters. The number of nitrogens with one attached hydrogen (secondary N) is 1. The van der Waals surface area contributed by atoms with Crippen LogP contribution in [0, 0.1) is 15.9 Å². The first-order valence-electron chi connectivity index (χ1n) is 5.59. The molecule has 0 spiro atoms. The van der Waals surface area contributed by atoms with Gasteiger partial charge in [-0.3, -0.25) is 10.1 Å². The van der Waals surface area contributed by atoms with Gasteiger partial charge in [0.25, 0.3) is 5.69 Å². The van der Waals surface area contributed by atoms with Gasteiger partial charge in [0.2, 0.25) is 0 Å². The molecule has 0 fully saturated rings. The van der Waals surface area contributed by atoms with Crippen LogP contribution in [0.1, 0.15) is 5.56 Å². The normalized spacial score (nSPS) is 10.3. The largest absolute Gasteiger partial charge is 0.381 e. The number of anilines is 1. The zero-order chi connectivity index (χ0) is 14.7.